The number of hydrogen-bond acceptors (Lipinski definition) is 3. The van der Waals surface area contributed by atoms with E-state index in [0.717, 1.165) is 16.6 Å². The number of nitrogens with one attached hydrogen (secondary N) is 1. The van der Waals surface area contributed by atoms with Crippen molar-refractivity contribution in [2.75, 3.05) is 11.5 Å². The van der Waals surface area contributed by atoms with E-state index in [0.29, 0.717) is 11.2 Å². The van der Waals surface area contributed by atoms with Crippen molar-refractivity contribution in [1.82, 2.24) is 9.55 Å². The molecular weight excluding hydrogens is 280 g/mol. The first-order valence-corrected chi connectivity index (χ1v) is 8.47. The third-order valence-electron chi connectivity index (χ3n) is 3.95. The van der Waals surface area contributed by atoms with Gasteiger partial charge in [-0.05, 0) is 44.1 Å². The molecule has 0 saturated carbocycles. The van der Waals surface area contributed by atoms with Crippen molar-refractivity contribution in [3.8, 4) is 0 Å². The van der Waals surface area contributed by atoms with Gasteiger partial charge in [0.15, 0.2) is 14.6 Å². The Bertz CT molecular complexity index is 817. The van der Waals surface area contributed by atoms with Crippen molar-refractivity contribution in [3.05, 3.63) is 28.5 Å². The Kier molecular flexibility index (Phi) is 2.66. The minimum Gasteiger partial charge on any atom is -0.330 e. The Morgan fingerprint density at radius 1 is 1.42 bits per heavy atom. The average molecular weight is 296 g/mol. The first-order valence-electron chi connectivity index (χ1n) is 6.24. The van der Waals surface area contributed by atoms with Crippen LogP contribution >= 0.6 is 12.2 Å². The molecule has 1 aliphatic rings. The van der Waals surface area contributed by atoms with Gasteiger partial charge >= 0.3 is 0 Å². The number of hydrogen-bond donors (Lipinski definition) is 1. The van der Waals surface area contributed by atoms with Gasteiger partial charge < -0.3 is 9.55 Å². The second kappa shape index (κ2) is 3.93. The third kappa shape index (κ3) is 1.94. The van der Waals surface area contributed by atoms with Gasteiger partial charge in [0.05, 0.1) is 28.1 Å². The van der Waals surface area contributed by atoms with Gasteiger partial charge in [-0.1, -0.05) is 12.1 Å². The highest BCUT2D eigenvalue weighted by Gasteiger charge is 2.41. The number of benzene rings is 1. The lowest BCUT2D eigenvalue weighted by atomic mass is 10.0. The number of fused-ring (bicyclic) bond motifs is 1. The molecule has 1 aromatic carbocycles. The van der Waals surface area contributed by atoms with Gasteiger partial charge in [-0.15, -0.1) is 0 Å². The molecule has 4 nitrogen and oxygen atoms in total. The van der Waals surface area contributed by atoms with Crippen LogP contribution in [0.1, 0.15) is 18.9 Å². The topological polar surface area (TPSA) is 54.9 Å². The minimum absolute atomic E-state index is 0.162. The zero-order valence-corrected chi connectivity index (χ0v) is 12.6. The maximum atomic E-state index is 11.8. The van der Waals surface area contributed by atoms with Gasteiger partial charge in [-0.2, -0.15) is 0 Å². The van der Waals surface area contributed by atoms with Crippen LogP contribution in [0.15, 0.2) is 18.2 Å². The summed E-state index contributed by atoms with van der Waals surface area (Å²) in [6.07, 6.45) is 0.616. The summed E-state index contributed by atoms with van der Waals surface area (Å²) in [6, 6.07) is 5.99. The molecule has 0 radical (unpaired) electrons. The van der Waals surface area contributed by atoms with Crippen LogP contribution < -0.4 is 0 Å². The highest BCUT2D eigenvalue weighted by Crippen LogP contribution is 2.34. The summed E-state index contributed by atoms with van der Waals surface area (Å²) >= 11 is 5.41. The number of rotatable bonds is 1. The molecule has 1 unspecified atom stereocenters. The van der Waals surface area contributed by atoms with E-state index in [-0.39, 0.29) is 11.5 Å². The van der Waals surface area contributed by atoms with E-state index < -0.39 is 15.4 Å². The standard InChI is InChI=1S/C13H16N2O2S2/c1-9-4-3-5-10-11(9)14-12(18)15(10)13(2)6-7-19(16,17)8-13/h3-5H,6-8H2,1-2H3,(H,14,18). The van der Waals surface area contributed by atoms with Crippen molar-refractivity contribution >= 4 is 33.1 Å². The predicted molar refractivity (Wildman–Crippen MR) is 78.8 cm³/mol. The highest BCUT2D eigenvalue weighted by atomic mass is 32.2. The van der Waals surface area contributed by atoms with Gasteiger partial charge in [-0.25, -0.2) is 8.42 Å². The van der Waals surface area contributed by atoms with E-state index in [2.05, 4.69) is 4.98 Å². The number of para-hydroxylation sites is 1. The SMILES string of the molecule is Cc1cccc2c1[nH]c(=S)n2C1(C)CCS(=O)(=O)C1. The number of sulfone groups is 1. The molecule has 3 rings (SSSR count). The summed E-state index contributed by atoms with van der Waals surface area (Å²) in [4.78, 5) is 3.21. The quantitative estimate of drug-likeness (QED) is 0.823. The van der Waals surface area contributed by atoms with Crippen molar-refractivity contribution in [1.29, 1.82) is 0 Å². The maximum Gasteiger partial charge on any atom is 0.178 e. The molecule has 6 heteroatoms. The van der Waals surface area contributed by atoms with Crippen molar-refractivity contribution in [2.24, 2.45) is 0 Å². The molecule has 2 heterocycles. The largest absolute Gasteiger partial charge is 0.330 e. The summed E-state index contributed by atoms with van der Waals surface area (Å²) in [5.74, 6) is 0.402. The van der Waals surface area contributed by atoms with E-state index in [1.165, 1.54) is 0 Å². The Hall–Kier alpha value is -1.14. The van der Waals surface area contributed by atoms with Crippen molar-refractivity contribution in [2.45, 2.75) is 25.8 Å². The molecule has 1 fully saturated rings. The van der Waals surface area contributed by atoms with Crippen LogP contribution in [0.3, 0.4) is 0 Å². The molecule has 1 atom stereocenters. The molecule has 19 heavy (non-hydrogen) atoms. The molecule has 102 valence electrons. The Morgan fingerprint density at radius 2 is 2.16 bits per heavy atom. The lowest BCUT2D eigenvalue weighted by Gasteiger charge is -2.25. The number of imidazole rings is 1. The summed E-state index contributed by atoms with van der Waals surface area (Å²) in [5.41, 5.74) is 2.66. The zero-order chi connectivity index (χ0) is 13.8. The zero-order valence-electron chi connectivity index (χ0n) is 10.9. The normalized spacial score (nSPS) is 26.0. The molecule has 1 N–H and O–H groups in total. The molecule has 1 aromatic heterocycles. The van der Waals surface area contributed by atoms with Crippen LogP contribution in [0.5, 0.6) is 0 Å². The molecule has 0 spiro atoms. The van der Waals surface area contributed by atoms with Crippen LogP contribution in [0.4, 0.5) is 0 Å². The third-order valence-corrected chi connectivity index (χ3v) is 6.12. The molecule has 0 aliphatic carbocycles. The van der Waals surface area contributed by atoms with Crippen molar-refractivity contribution in [3.63, 3.8) is 0 Å². The van der Waals surface area contributed by atoms with E-state index >= 15 is 0 Å². The van der Waals surface area contributed by atoms with Crippen LogP contribution in [0, 0.1) is 11.7 Å². The van der Waals surface area contributed by atoms with Crippen molar-refractivity contribution < 1.29 is 8.42 Å². The predicted octanol–water partition coefficient (Wildman–Crippen LogP) is 2.54. The fourth-order valence-corrected chi connectivity index (χ4v) is 5.52. The number of aryl methyl sites for hydroxylation is 1. The lowest BCUT2D eigenvalue weighted by molar-refractivity contribution is 0.372. The van der Waals surface area contributed by atoms with Gasteiger partial charge in [-0.3, -0.25) is 0 Å². The van der Waals surface area contributed by atoms with Crippen LogP contribution in [-0.2, 0) is 15.4 Å². The monoisotopic (exact) mass is 296 g/mol. The van der Waals surface area contributed by atoms with E-state index in [1.54, 1.807) is 0 Å². The van der Waals surface area contributed by atoms with E-state index in [1.807, 2.05) is 36.6 Å². The molecule has 1 aliphatic heterocycles. The lowest BCUT2D eigenvalue weighted by Crippen LogP contribution is -2.31. The van der Waals surface area contributed by atoms with Crippen LogP contribution in [-0.4, -0.2) is 29.5 Å². The second-order valence-corrected chi connectivity index (χ2v) is 8.14. The number of aromatic nitrogens is 2. The Labute approximate surface area is 117 Å². The maximum absolute atomic E-state index is 11.8. The van der Waals surface area contributed by atoms with Gasteiger partial charge in [0.25, 0.3) is 0 Å². The fraction of sp³-hybridized carbons (Fsp3) is 0.462. The van der Waals surface area contributed by atoms with Gasteiger partial charge in [0, 0.05) is 0 Å². The number of H-pyrrole nitrogens is 1. The summed E-state index contributed by atoms with van der Waals surface area (Å²) in [5, 5.41) is 0. The summed E-state index contributed by atoms with van der Waals surface area (Å²) in [6.45, 7) is 3.99. The Balaban J connectivity index is 2.30. The molecule has 0 amide bonds. The average Bonchev–Trinajstić information content (AvgIpc) is 2.77. The number of nitrogens with zero attached hydrogens (tertiary/aromatic N) is 1. The first kappa shape index (κ1) is 12.9. The van der Waals surface area contributed by atoms with Crippen LogP contribution in [0.25, 0.3) is 11.0 Å². The number of aromatic amines is 1. The van der Waals surface area contributed by atoms with Crippen LogP contribution in [0.2, 0.25) is 0 Å². The summed E-state index contributed by atoms with van der Waals surface area (Å²) in [7, 11) is -2.96. The fourth-order valence-electron chi connectivity index (χ4n) is 2.98. The van der Waals surface area contributed by atoms with Gasteiger partial charge in [0.1, 0.15) is 0 Å². The van der Waals surface area contributed by atoms with Gasteiger partial charge in [0.2, 0.25) is 0 Å². The Morgan fingerprint density at radius 3 is 2.79 bits per heavy atom. The smallest absolute Gasteiger partial charge is 0.178 e. The molecular formula is C13H16N2O2S2. The molecule has 0 bridgehead atoms. The summed E-state index contributed by atoms with van der Waals surface area (Å²) < 4.78 is 26.2. The second-order valence-electron chi connectivity index (χ2n) is 5.57. The minimum atomic E-state index is -2.96. The van der Waals surface area contributed by atoms with E-state index in [9.17, 15) is 8.42 Å². The first-order chi connectivity index (χ1) is 8.82. The molecule has 1 saturated heterocycles. The van der Waals surface area contributed by atoms with E-state index in [4.69, 9.17) is 12.2 Å². The highest BCUT2D eigenvalue weighted by molar-refractivity contribution is 7.91. The molecule has 2 aromatic rings.